The summed E-state index contributed by atoms with van der Waals surface area (Å²) in [5.41, 5.74) is -7.04. The van der Waals surface area contributed by atoms with Gasteiger partial charge in [-0.3, -0.25) is 0 Å². The van der Waals surface area contributed by atoms with Crippen LogP contribution in [0.1, 0.15) is 38.4 Å². The van der Waals surface area contributed by atoms with E-state index in [9.17, 15) is 8.22 Å². The molecule has 0 fully saturated rings. The second-order valence-corrected chi connectivity index (χ2v) is 10.3. The maximum Gasteiger partial charge on any atom is 0.164 e. The molecular weight excluding hydrogens is 613 g/mol. The average Bonchev–Trinajstić information content (AvgIpc) is 4.11. The first kappa shape index (κ1) is 11.9. The summed E-state index contributed by atoms with van der Waals surface area (Å²) < 4.78 is 253. The summed E-state index contributed by atoms with van der Waals surface area (Å²) in [6, 6.07) is -25.1. The van der Waals surface area contributed by atoms with Gasteiger partial charge in [-0.15, -0.1) is 0 Å². The highest BCUT2D eigenvalue weighted by molar-refractivity contribution is 6.13. The van der Waals surface area contributed by atoms with Crippen LogP contribution < -0.4 is 0 Å². The third-order valence-electron chi connectivity index (χ3n) is 7.50. The normalized spacial score (nSPS) is 19.4. The van der Waals surface area contributed by atoms with Crippen molar-refractivity contribution in [2.24, 2.45) is 0 Å². The number of fused-ring (bicyclic) bond motifs is 6. The van der Waals surface area contributed by atoms with Gasteiger partial charge >= 0.3 is 0 Å². The van der Waals surface area contributed by atoms with Crippen molar-refractivity contribution in [3.63, 3.8) is 0 Å². The standard InChI is InChI=1S/C45H28N4O/c1-3-13-29(14-4-1)34-21-12-24-40-42(34)37-26-25-32(28-41(37)50-40)45-47-43(30-15-5-2-6-16-30)46-44(48-45)31-17-11-18-33(27-31)49-38-22-9-7-19-35(38)36-20-8-10-23-39(36)49/h1-28H/i1D,2D,3D,4D,5D,6D,7D,8D,9D,10D,11D,12D,13D,14D,15D,16D,17D,18D,19D,20D,21D,22D,23D,24D,25D,26D,27D,28D. The number of rotatable bonds is 5. The van der Waals surface area contributed by atoms with E-state index in [0.29, 0.717) is 0 Å². The summed E-state index contributed by atoms with van der Waals surface area (Å²) >= 11 is 0. The van der Waals surface area contributed by atoms with Crippen LogP contribution in [-0.4, -0.2) is 19.5 Å². The van der Waals surface area contributed by atoms with Gasteiger partial charge in [-0.05, 0) is 53.4 Å². The molecule has 0 unspecified atom stereocenters. The van der Waals surface area contributed by atoms with Gasteiger partial charge in [0.25, 0.3) is 0 Å². The molecule has 3 aromatic heterocycles. The molecule has 234 valence electrons. The number of furan rings is 1. The van der Waals surface area contributed by atoms with E-state index in [1.165, 1.54) is 0 Å². The van der Waals surface area contributed by atoms with Gasteiger partial charge in [0.15, 0.2) is 17.5 Å². The molecule has 0 aliphatic carbocycles. The van der Waals surface area contributed by atoms with E-state index in [1.54, 1.807) is 0 Å². The monoisotopic (exact) mass is 668 g/mol. The van der Waals surface area contributed by atoms with Crippen LogP contribution >= 0.6 is 0 Å². The first-order chi connectivity index (χ1) is 36.4. The van der Waals surface area contributed by atoms with Crippen molar-refractivity contribution < 1.29 is 42.8 Å². The van der Waals surface area contributed by atoms with E-state index < -0.39 is 264 Å². The van der Waals surface area contributed by atoms with E-state index in [2.05, 4.69) is 15.0 Å². The van der Waals surface area contributed by atoms with E-state index in [4.69, 9.17) is 34.6 Å². The molecule has 7 aromatic carbocycles. The molecule has 3 heterocycles. The summed E-state index contributed by atoms with van der Waals surface area (Å²) in [6.45, 7) is 0. The van der Waals surface area contributed by atoms with E-state index >= 15 is 0 Å². The summed E-state index contributed by atoms with van der Waals surface area (Å²) in [6.07, 6.45) is 0. The molecule has 0 radical (unpaired) electrons. The van der Waals surface area contributed by atoms with Gasteiger partial charge in [-0.25, -0.2) is 15.0 Å². The zero-order chi connectivity index (χ0) is 57.4. The van der Waals surface area contributed by atoms with Crippen LogP contribution in [0.25, 0.3) is 94.7 Å². The molecule has 10 aromatic rings. The van der Waals surface area contributed by atoms with Crippen LogP contribution in [0.4, 0.5) is 0 Å². The lowest BCUT2D eigenvalue weighted by atomic mass is 9.99. The first-order valence-electron chi connectivity index (χ1n) is 28.4. The maximum atomic E-state index is 9.75. The highest BCUT2D eigenvalue weighted by atomic mass is 16.3. The van der Waals surface area contributed by atoms with Crippen molar-refractivity contribution in [2.75, 3.05) is 0 Å². The minimum Gasteiger partial charge on any atom is -0.456 e. The Bertz CT molecular complexity index is 4360. The number of nitrogens with zero attached hydrogens (tertiary/aromatic N) is 4. The highest BCUT2D eigenvalue weighted by Crippen LogP contribution is 2.38. The molecule has 0 bridgehead atoms. The minimum absolute atomic E-state index is 0.479. The lowest BCUT2D eigenvalue weighted by Crippen LogP contribution is -2.01. The van der Waals surface area contributed by atoms with Gasteiger partial charge in [0.2, 0.25) is 0 Å². The Hall–Kier alpha value is -6.85. The number of benzene rings is 7. The van der Waals surface area contributed by atoms with Crippen molar-refractivity contribution in [3.05, 3.63) is 169 Å². The van der Waals surface area contributed by atoms with E-state index in [0.717, 1.165) is 4.57 Å². The second-order valence-electron chi connectivity index (χ2n) is 10.3. The number of hydrogen-bond donors (Lipinski definition) is 0. The molecule has 0 aliphatic heterocycles. The van der Waals surface area contributed by atoms with Crippen molar-refractivity contribution >= 4 is 43.7 Å². The Morgan fingerprint density at radius 3 is 1.68 bits per heavy atom. The quantitative estimate of drug-likeness (QED) is 0.183. The van der Waals surface area contributed by atoms with Gasteiger partial charge in [-0.2, -0.15) is 0 Å². The molecule has 0 saturated carbocycles. The van der Waals surface area contributed by atoms with E-state index in [-0.39, 0.29) is 0 Å². The molecule has 5 nitrogen and oxygen atoms in total. The molecule has 0 spiro atoms. The Morgan fingerprint density at radius 1 is 0.420 bits per heavy atom. The van der Waals surface area contributed by atoms with Crippen LogP contribution in [0.5, 0.6) is 0 Å². The molecule has 0 aliphatic rings. The van der Waals surface area contributed by atoms with E-state index in [1.807, 2.05) is 0 Å². The Balaban J connectivity index is 1.37. The third-order valence-corrected chi connectivity index (χ3v) is 7.50. The van der Waals surface area contributed by atoms with Gasteiger partial charge in [0.1, 0.15) is 11.2 Å². The molecule has 0 saturated heterocycles. The number of aromatic nitrogens is 4. The molecule has 10 rings (SSSR count). The molecule has 0 N–H and O–H groups in total. The summed E-state index contributed by atoms with van der Waals surface area (Å²) in [5.74, 6) is -2.70. The van der Waals surface area contributed by atoms with Crippen molar-refractivity contribution in [1.29, 1.82) is 0 Å². The van der Waals surface area contributed by atoms with Crippen molar-refractivity contribution in [3.8, 4) is 51.0 Å². The predicted molar refractivity (Wildman–Crippen MR) is 203 cm³/mol. The lowest BCUT2D eigenvalue weighted by molar-refractivity contribution is 0.669. The summed E-state index contributed by atoms with van der Waals surface area (Å²) in [5, 5.41) is -1.98. The lowest BCUT2D eigenvalue weighted by Gasteiger charge is -2.11. The summed E-state index contributed by atoms with van der Waals surface area (Å²) in [4.78, 5) is 13.0. The van der Waals surface area contributed by atoms with Crippen LogP contribution in [-0.2, 0) is 0 Å². The average molecular weight is 669 g/mol. The Kier molecular flexibility index (Phi) is 2.72. The van der Waals surface area contributed by atoms with Crippen molar-refractivity contribution in [1.82, 2.24) is 19.5 Å². The third kappa shape index (κ3) is 4.60. The largest absolute Gasteiger partial charge is 0.456 e. The van der Waals surface area contributed by atoms with Crippen LogP contribution in [0, 0.1) is 0 Å². The SMILES string of the molecule is [2H]c1c([2H])c([2H])c(-c2nc(-c3c([2H])c([2H])c([2H])c(-n4c5c([2H])c([2H])c([2H])c([2H])c5c5c([2H])c([2H])c([2H])c([2H])c54)c3[2H])nc(-c3c([2H])c([2H])c4c(oc5c([2H])c([2H])c([2H])c(-c6c([2H])c([2H])c([2H])c([2H])c6[2H])c54)c3[2H])n2)c([2H])c1[2H]. The minimum atomic E-state index is -1.05. The van der Waals surface area contributed by atoms with Crippen LogP contribution in [0.15, 0.2) is 174 Å². The van der Waals surface area contributed by atoms with Crippen LogP contribution in [0.2, 0.25) is 0 Å². The highest BCUT2D eigenvalue weighted by Gasteiger charge is 2.18. The smallest absolute Gasteiger partial charge is 0.164 e. The summed E-state index contributed by atoms with van der Waals surface area (Å²) in [7, 11) is 0. The zero-order valence-electron chi connectivity index (χ0n) is 52.7. The molecular formula is C45H28N4O. The predicted octanol–water partition coefficient (Wildman–Crippen LogP) is 11.5. The Morgan fingerprint density at radius 2 is 0.980 bits per heavy atom. The molecule has 5 heteroatoms. The fraction of sp³-hybridized carbons (Fsp3) is 0. The van der Waals surface area contributed by atoms with Gasteiger partial charge in [0.05, 0.1) is 49.4 Å². The van der Waals surface area contributed by atoms with Gasteiger partial charge in [0, 0.05) is 43.9 Å². The number of para-hydroxylation sites is 2. The fourth-order valence-electron chi connectivity index (χ4n) is 5.40. The zero-order valence-corrected chi connectivity index (χ0v) is 24.7. The Labute approximate surface area is 327 Å². The fourth-order valence-corrected chi connectivity index (χ4v) is 5.40. The maximum absolute atomic E-state index is 9.75. The first-order valence-corrected chi connectivity index (χ1v) is 14.4. The number of hydrogen-bond acceptors (Lipinski definition) is 4. The van der Waals surface area contributed by atoms with Gasteiger partial charge < -0.3 is 8.98 Å². The second kappa shape index (κ2) is 11.4. The molecule has 0 amide bonds. The topological polar surface area (TPSA) is 56.7 Å². The van der Waals surface area contributed by atoms with Crippen molar-refractivity contribution in [2.45, 2.75) is 0 Å². The van der Waals surface area contributed by atoms with Gasteiger partial charge in [-0.1, -0.05) is 127 Å². The molecule has 0 atom stereocenters. The molecule has 50 heavy (non-hydrogen) atoms. The van der Waals surface area contributed by atoms with Crippen LogP contribution in [0.3, 0.4) is 0 Å².